The Balaban J connectivity index is 1.50. The van der Waals surface area contributed by atoms with Crippen LogP contribution < -0.4 is 5.32 Å². The molecule has 1 unspecified atom stereocenters. The molecule has 2 aromatic rings. The lowest BCUT2D eigenvalue weighted by molar-refractivity contribution is 0.0904. The van der Waals surface area contributed by atoms with Crippen molar-refractivity contribution in [2.45, 2.75) is 32.2 Å². The average molecular weight is 299 g/mol. The van der Waals surface area contributed by atoms with E-state index in [2.05, 4.69) is 15.2 Å². The number of hydrogen-bond donors (Lipinski definition) is 1. The van der Waals surface area contributed by atoms with Gasteiger partial charge in [-0.2, -0.15) is 0 Å². The van der Waals surface area contributed by atoms with Gasteiger partial charge in [-0.3, -0.25) is 9.78 Å². The Kier molecular flexibility index (Phi) is 3.37. The fourth-order valence-corrected chi connectivity index (χ4v) is 3.71. The second-order valence-corrected chi connectivity index (χ2v) is 6.49. The van der Waals surface area contributed by atoms with Crippen LogP contribution in [0.3, 0.4) is 0 Å². The van der Waals surface area contributed by atoms with Crippen molar-refractivity contribution in [2.24, 2.45) is 5.92 Å². The monoisotopic (exact) mass is 299 g/mol. The molecule has 2 aromatic heterocycles. The van der Waals surface area contributed by atoms with E-state index in [0.29, 0.717) is 5.69 Å². The van der Waals surface area contributed by atoms with E-state index >= 15 is 0 Å². The van der Waals surface area contributed by atoms with Crippen LogP contribution in [-0.2, 0) is 6.42 Å². The van der Waals surface area contributed by atoms with Crippen LogP contribution in [0.2, 0.25) is 0 Å². The first kappa shape index (κ1) is 13.8. The van der Waals surface area contributed by atoms with Crippen molar-refractivity contribution in [3.63, 3.8) is 0 Å². The molecule has 2 aliphatic rings. The number of rotatable bonds is 3. The molecule has 4 rings (SSSR count). The summed E-state index contributed by atoms with van der Waals surface area (Å²) in [6, 6.07) is 3.98. The Morgan fingerprint density at radius 3 is 3.18 bits per heavy atom. The van der Waals surface area contributed by atoms with Crippen molar-refractivity contribution in [1.82, 2.24) is 15.2 Å². The smallest absolute Gasteiger partial charge is 0.270 e. The summed E-state index contributed by atoms with van der Waals surface area (Å²) < 4.78 is 5.71. The number of piperidine rings is 1. The molecule has 0 aliphatic carbocycles. The molecule has 5 heteroatoms. The number of amides is 1. The van der Waals surface area contributed by atoms with Crippen LogP contribution >= 0.6 is 0 Å². The fraction of sp³-hybridized carbons (Fsp3) is 0.529. The van der Waals surface area contributed by atoms with Crippen molar-refractivity contribution in [2.75, 3.05) is 19.6 Å². The zero-order valence-corrected chi connectivity index (χ0v) is 12.8. The van der Waals surface area contributed by atoms with E-state index in [1.165, 1.54) is 19.5 Å². The lowest BCUT2D eigenvalue weighted by Gasteiger charge is -2.30. The summed E-state index contributed by atoms with van der Waals surface area (Å²) in [5, 5.41) is 4.09. The summed E-state index contributed by atoms with van der Waals surface area (Å²) in [5.74, 6) is 1.57. The number of nitrogens with one attached hydrogen (secondary N) is 1. The number of carbonyl (C=O) groups excluding carboxylic acids is 1. The van der Waals surface area contributed by atoms with E-state index < -0.39 is 0 Å². The maximum Gasteiger partial charge on any atom is 0.270 e. The largest absolute Gasteiger partial charge is 0.461 e. The van der Waals surface area contributed by atoms with Crippen LogP contribution in [0.4, 0.5) is 0 Å². The fourth-order valence-electron chi connectivity index (χ4n) is 3.71. The Hall–Kier alpha value is -1.88. The minimum Gasteiger partial charge on any atom is -0.461 e. The quantitative estimate of drug-likeness (QED) is 0.944. The van der Waals surface area contributed by atoms with Crippen molar-refractivity contribution in [3.8, 4) is 0 Å². The van der Waals surface area contributed by atoms with E-state index in [9.17, 15) is 4.79 Å². The SMILES string of the molecule is CCc1cc2cnc(C(=O)N[C@@H]3C[C@@H]4CCN(C4)C3)cc2o1. The van der Waals surface area contributed by atoms with Crippen LogP contribution in [0.25, 0.3) is 11.0 Å². The van der Waals surface area contributed by atoms with Gasteiger partial charge in [0.1, 0.15) is 17.0 Å². The lowest BCUT2D eigenvalue weighted by atomic mass is 9.97. The number of carbonyl (C=O) groups is 1. The average Bonchev–Trinajstić information content (AvgIpc) is 3.09. The number of aryl methyl sites for hydroxylation is 1. The highest BCUT2D eigenvalue weighted by Gasteiger charge is 2.33. The van der Waals surface area contributed by atoms with Crippen molar-refractivity contribution < 1.29 is 9.21 Å². The summed E-state index contributed by atoms with van der Waals surface area (Å²) >= 11 is 0. The van der Waals surface area contributed by atoms with E-state index in [0.717, 1.165) is 42.0 Å². The van der Waals surface area contributed by atoms with Gasteiger partial charge in [-0.25, -0.2) is 0 Å². The number of fused-ring (bicyclic) bond motifs is 3. The van der Waals surface area contributed by atoms with Gasteiger partial charge < -0.3 is 14.6 Å². The Morgan fingerprint density at radius 2 is 2.36 bits per heavy atom. The number of furan rings is 1. The molecule has 116 valence electrons. The highest BCUT2D eigenvalue weighted by Crippen LogP contribution is 2.27. The standard InChI is InChI=1S/C17H21N3O2/c1-2-14-6-12-8-18-15(7-16(12)22-14)17(21)19-13-5-11-3-4-20(9-11)10-13/h6-8,11,13H,2-5,9-10H2,1H3,(H,19,21)/t11-,13+/m0/s1. The highest BCUT2D eigenvalue weighted by atomic mass is 16.3. The Bertz CT molecular complexity index is 697. The maximum atomic E-state index is 12.4. The Morgan fingerprint density at radius 1 is 1.45 bits per heavy atom. The molecule has 3 atom stereocenters. The lowest BCUT2D eigenvalue weighted by Crippen LogP contribution is -2.47. The van der Waals surface area contributed by atoms with E-state index in [1.54, 1.807) is 12.3 Å². The molecule has 2 aliphatic heterocycles. The molecular formula is C17H21N3O2. The van der Waals surface area contributed by atoms with Gasteiger partial charge in [0.25, 0.3) is 5.91 Å². The molecule has 0 saturated carbocycles. The molecule has 1 N–H and O–H groups in total. The number of pyridine rings is 1. The summed E-state index contributed by atoms with van der Waals surface area (Å²) in [6.45, 7) is 5.38. The maximum absolute atomic E-state index is 12.4. The molecule has 0 aromatic carbocycles. The second kappa shape index (κ2) is 5.39. The van der Waals surface area contributed by atoms with E-state index in [1.807, 2.05) is 13.0 Å². The third kappa shape index (κ3) is 2.50. The number of aromatic nitrogens is 1. The van der Waals surface area contributed by atoms with Crippen molar-refractivity contribution in [3.05, 3.63) is 29.8 Å². The number of hydrogen-bond acceptors (Lipinski definition) is 4. The van der Waals surface area contributed by atoms with Gasteiger partial charge in [0.2, 0.25) is 0 Å². The summed E-state index contributed by atoms with van der Waals surface area (Å²) in [7, 11) is 0. The molecule has 5 nitrogen and oxygen atoms in total. The summed E-state index contributed by atoms with van der Waals surface area (Å²) in [6.07, 6.45) is 4.92. The van der Waals surface area contributed by atoms with Gasteiger partial charge in [0.15, 0.2) is 0 Å². The number of nitrogens with zero attached hydrogens (tertiary/aromatic N) is 2. The Labute approximate surface area is 129 Å². The minimum absolute atomic E-state index is 0.0937. The van der Waals surface area contributed by atoms with Gasteiger partial charge in [-0.05, 0) is 31.4 Å². The van der Waals surface area contributed by atoms with Crippen molar-refractivity contribution in [1.29, 1.82) is 0 Å². The molecule has 2 fully saturated rings. The van der Waals surface area contributed by atoms with Gasteiger partial charge in [-0.15, -0.1) is 0 Å². The topological polar surface area (TPSA) is 58.4 Å². The van der Waals surface area contributed by atoms with E-state index in [4.69, 9.17) is 4.42 Å². The van der Waals surface area contributed by atoms with Crippen LogP contribution in [0.5, 0.6) is 0 Å². The molecule has 22 heavy (non-hydrogen) atoms. The molecule has 0 spiro atoms. The third-order valence-corrected chi connectivity index (χ3v) is 4.84. The van der Waals surface area contributed by atoms with Crippen LogP contribution in [0.1, 0.15) is 36.0 Å². The molecule has 2 bridgehead atoms. The molecule has 2 saturated heterocycles. The normalized spacial score (nSPS) is 27.2. The summed E-state index contributed by atoms with van der Waals surface area (Å²) in [5.41, 5.74) is 1.18. The zero-order valence-electron chi connectivity index (χ0n) is 12.8. The molecular weight excluding hydrogens is 278 g/mol. The molecule has 1 amide bonds. The second-order valence-electron chi connectivity index (χ2n) is 6.49. The van der Waals surface area contributed by atoms with Gasteiger partial charge in [-0.1, -0.05) is 6.92 Å². The minimum atomic E-state index is -0.0937. The first-order chi connectivity index (χ1) is 10.7. The molecule has 4 heterocycles. The van der Waals surface area contributed by atoms with Crippen LogP contribution in [0.15, 0.2) is 22.7 Å². The molecule has 0 radical (unpaired) electrons. The third-order valence-electron chi connectivity index (χ3n) is 4.84. The first-order valence-electron chi connectivity index (χ1n) is 8.13. The van der Waals surface area contributed by atoms with Gasteiger partial charge >= 0.3 is 0 Å². The van der Waals surface area contributed by atoms with Crippen LogP contribution in [0, 0.1) is 5.92 Å². The summed E-state index contributed by atoms with van der Waals surface area (Å²) in [4.78, 5) is 19.2. The van der Waals surface area contributed by atoms with Crippen molar-refractivity contribution >= 4 is 16.9 Å². The predicted molar refractivity (Wildman–Crippen MR) is 83.8 cm³/mol. The van der Waals surface area contributed by atoms with Gasteiger partial charge in [0.05, 0.1) is 0 Å². The van der Waals surface area contributed by atoms with E-state index in [-0.39, 0.29) is 11.9 Å². The van der Waals surface area contributed by atoms with Gasteiger partial charge in [0, 0.05) is 43.2 Å². The highest BCUT2D eigenvalue weighted by molar-refractivity contribution is 5.95. The first-order valence-corrected chi connectivity index (χ1v) is 8.13. The zero-order chi connectivity index (χ0) is 15.1. The van der Waals surface area contributed by atoms with Crippen LogP contribution in [-0.4, -0.2) is 41.5 Å². The predicted octanol–water partition coefficient (Wildman–Crippen LogP) is 2.21.